The van der Waals surface area contributed by atoms with Crippen molar-refractivity contribution in [3.8, 4) is 0 Å². The van der Waals surface area contributed by atoms with Crippen LogP contribution in [0.15, 0.2) is 42.6 Å². The number of amides is 1. The van der Waals surface area contributed by atoms with E-state index in [1.54, 1.807) is 12.3 Å². The van der Waals surface area contributed by atoms with E-state index in [4.69, 9.17) is 0 Å². The van der Waals surface area contributed by atoms with Gasteiger partial charge in [0.15, 0.2) is 0 Å². The molecule has 3 N–H and O–H groups in total. The van der Waals surface area contributed by atoms with Crippen molar-refractivity contribution >= 4 is 28.5 Å². The first-order valence-electron chi connectivity index (χ1n) is 10.1. The molecule has 3 rings (SSSR count). The molecule has 29 heavy (non-hydrogen) atoms. The Hall–Kier alpha value is -2.86. The van der Waals surface area contributed by atoms with Crippen LogP contribution in [0.5, 0.6) is 0 Å². The number of anilines is 3. The second kappa shape index (κ2) is 9.09. The molecule has 1 atom stereocenters. The lowest BCUT2D eigenvalue weighted by Crippen LogP contribution is -2.34. The van der Waals surface area contributed by atoms with Gasteiger partial charge in [-0.15, -0.1) is 0 Å². The summed E-state index contributed by atoms with van der Waals surface area (Å²) in [7, 11) is 0. The second-order valence-electron chi connectivity index (χ2n) is 7.41. The first-order chi connectivity index (χ1) is 13.9. The number of hydrogen-bond acceptors (Lipinski definition) is 4. The summed E-state index contributed by atoms with van der Waals surface area (Å²) in [6.07, 6.45) is 1.67. The monoisotopic (exact) mass is 396 g/mol. The van der Waals surface area contributed by atoms with Gasteiger partial charge in [0.1, 0.15) is 5.82 Å². The standard InChI is InChI=1S/C23H29FN4O/c1-5-28(6-2)14-16(4)26-21-10-8-18(11-15(21)3)25-13-20-19-9-7-17(24)12-22(19)27-23(20)29/h7-13,16,25-26H,5-6,14H2,1-4H3,(H,27,29)/b20-13+. The lowest BCUT2D eigenvalue weighted by Gasteiger charge is -2.25. The molecule has 0 bridgehead atoms. The largest absolute Gasteiger partial charge is 0.381 e. The van der Waals surface area contributed by atoms with Gasteiger partial charge < -0.3 is 20.9 Å². The molecule has 6 heteroatoms. The summed E-state index contributed by atoms with van der Waals surface area (Å²) in [4.78, 5) is 14.6. The van der Waals surface area contributed by atoms with Crippen LogP contribution in [-0.2, 0) is 4.79 Å². The Kier molecular flexibility index (Phi) is 6.54. The Morgan fingerprint density at radius 3 is 2.62 bits per heavy atom. The van der Waals surface area contributed by atoms with Gasteiger partial charge in [0, 0.05) is 35.7 Å². The number of halogens is 1. The molecule has 0 fully saturated rings. The fraction of sp³-hybridized carbons (Fsp3) is 0.348. The number of aryl methyl sites for hydroxylation is 1. The molecule has 0 saturated heterocycles. The summed E-state index contributed by atoms with van der Waals surface area (Å²) in [5, 5.41) is 9.46. The molecule has 5 nitrogen and oxygen atoms in total. The van der Waals surface area contributed by atoms with Crippen LogP contribution in [0.4, 0.5) is 21.5 Å². The number of carbonyl (C=O) groups excluding carboxylic acids is 1. The maximum atomic E-state index is 13.4. The number of hydrogen-bond donors (Lipinski definition) is 3. The molecule has 1 unspecified atom stereocenters. The molecule has 1 amide bonds. The van der Waals surface area contributed by atoms with Crippen LogP contribution in [0.3, 0.4) is 0 Å². The summed E-state index contributed by atoms with van der Waals surface area (Å²) >= 11 is 0. The van der Waals surface area contributed by atoms with Crippen molar-refractivity contribution in [2.45, 2.75) is 33.7 Å². The molecule has 0 aromatic heterocycles. The van der Waals surface area contributed by atoms with E-state index in [9.17, 15) is 9.18 Å². The Morgan fingerprint density at radius 2 is 1.93 bits per heavy atom. The number of rotatable bonds is 8. The zero-order chi connectivity index (χ0) is 21.0. The molecule has 2 aromatic rings. The molecule has 1 aliphatic heterocycles. The van der Waals surface area contributed by atoms with Crippen molar-refractivity contribution in [3.05, 3.63) is 59.5 Å². The van der Waals surface area contributed by atoms with Crippen molar-refractivity contribution in [1.29, 1.82) is 0 Å². The number of fused-ring (bicyclic) bond motifs is 1. The van der Waals surface area contributed by atoms with Gasteiger partial charge in [-0.2, -0.15) is 0 Å². The molecule has 154 valence electrons. The first kappa shape index (κ1) is 20.9. The third kappa shape index (κ3) is 4.95. The Bertz CT molecular complexity index is 921. The predicted octanol–water partition coefficient (Wildman–Crippen LogP) is 4.68. The minimum atomic E-state index is -0.368. The SMILES string of the molecule is CCN(CC)CC(C)Nc1ccc(N/C=C2/C(=O)Nc3cc(F)ccc32)cc1C. The normalized spacial score (nSPS) is 15.4. The van der Waals surface area contributed by atoms with Gasteiger partial charge >= 0.3 is 0 Å². The van der Waals surface area contributed by atoms with E-state index >= 15 is 0 Å². The molecule has 1 aliphatic rings. The van der Waals surface area contributed by atoms with Crippen LogP contribution in [0, 0.1) is 12.7 Å². The van der Waals surface area contributed by atoms with E-state index in [0.29, 0.717) is 22.9 Å². The van der Waals surface area contributed by atoms with Gasteiger partial charge in [-0.05, 0) is 68.9 Å². The Balaban J connectivity index is 1.68. The molecule has 0 saturated carbocycles. The fourth-order valence-corrected chi connectivity index (χ4v) is 3.56. The minimum absolute atomic E-state index is 0.238. The summed E-state index contributed by atoms with van der Waals surface area (Å²) in [6.45, 7) is 11.7. The van der Waals surface area contributed by atoms with Gasteiger partial charge in [0.05, 0.1) is 11.3 Å². The van der Waals surface area contributed by atoms with Crippen LogP contribution < -0.4 is 16.0 Å². The van der Waals surface area contributed by atoms with Crippen LogP contribution >= 0.6 is 0 Å². The lowest BCUT2D eigenvalue weighted by atomic mass is 10.1. The minimum Gasteiger partial charge on any atom is -0.381 e. The highest BCUT2D eigenvalue weighted by Crippen LogP contribution is 2.32. The topological polar surface area (TPSA) is 56.4 Å². The van der Waals surface area contributed by atoms with Crippen molar-refractivity contribution in [2.75, 3.05) is 35.6 Å². The summed E-state index contributed by atoms with van der Waals surface area (Å²) < 4.78 is 13.4. The highest BCUT2D eigenvalue weighted by atomic mass is 19.1. The van der Waals surface area contributed by atoms with Crippen LogP contribution in [0.25, 0.3) is 5.57 Å². The van der Waals surface area contributed by atoms with E-state index in [1.165, 1.54) is 12.1 Å². The average Bonchev–Trinajstić information content (AvgIpc) is 3.00. The predicted molar refractivity (Wildman–Crippen MR) is 119 cm³/mol. The van der Waals surface area contributed by atoms with Crippen molar-refractivity contribution in [3.63, 3.8) is 0 Å². The van der Waals surface area contributed by atoms with Gasteiger partial charge in [0.2, 0.25) is 0 Å². The van der Waals surface area contributed by atoms with E-state index in [-0.39, 0.29) is 11.7 Å². The summed E-state index contributed by atoms with van der Waals surface area (Å²) in [5.74, 6) is -0.606. The summed E-state index contributed by atoms with van der Waals surface area (Å²) in [5.41, 5.74) is 4.80. The highest BCUT2D eigenvalue weighted by molar-refractivity contribution is 6.31. The van der Waals surface area contributed by atoms with E-state index < -0.39 is 0 Å². The van der Waals surface area contributed by atoms with Gasteiger partial charge in [0.25, 0.3) is 5.91 Å². The molecule has 1 heterocycles. The van der Waals surface area contributed by atoms with E-state index in [1.807, 2.05) is 18.2 Å². The molecule has 0 spiro atoms. The van der Waals surface area contributed by atoms with Crippen molar-refractivity contribution in [2.24, 2.45) is 0 Å². The average molecular weight is 397 g/mol. The smallest absolute Gasteiger partial charge is 0.257 e. The highest BCUT2D eigenvalue weighted by Gasteiger charge is 2.24. The van der Waals surface area contributed by atoms with Crippen LogP contribution in [-0.4, -0.2) is 36.5 Å². The van der Waals surface area contributed by atoms with Crippen LogP contribution in [0.1, 0.15) is 31.9 Å². The second-order valence-corrected chi connectivity index (χ2v) is 7.41. The van der Waals surface area contributed by atoms with Gasteiger partial charge in [-0.3, -0.25) is 4.79 Å². The number of likely N-dealkylation sites (N-methyl/N-ethyl adjacent to an activating group) is 1. The lowest BCUT2D eigenvalue weighted by molar-refractivity contribution is -0.110. The van der Waals surface area contributed by atoms with Crippen LogP contribution in [0.2, 0.25) is 0 Å². The van der Waals surface area contributed by atoms with Gasteiger partial charge in [-0.1, -0.05) is 13.8 Å². The maximum Gasteiger partial charge on any atom is 0.257 e. The van der Waals surface area contributed by atoms with Gasteiger partial charge in [-0.25, -0.2) is 4.39 Å². The molecular weight excluding hydrogens is 367 g/mol. The Labute approximate surface area is 172 Å². The molecular formula is C23H29FN4O. The zero-order valence-corrected chi connectivity index (χ0v) is 17.5. The number of nitrogens with one attached hydrogen (secondary N) is 3. The third-order valence-corrected chi connectivity index (χ3v) is 5.20. The van der Waals surface area contributed by atoms with Crippen molar-refractivity contribution < 1.29 is 9.18 Å². The molecule has 0 radical (unpaired) electrons. The molecule has 0 aliphatic carbocycles. The number of benzene rings is 2. The maximum absolute atomic E-state index is 13.4. The van der Waals surface area contributed by atoms with E-state index in [0.717, 1.165) is 36.6 Å². The summed E-state index contributed by atoms with van der Waals surface area (Å²) in [6, 6.07) is 10.7. The first-order valence-corrected chi connectivity index (χ1v) is 10.1. The fourth-order valence-electron chi connectivity index (χ4n) is 3.56. The number of nitrogens with zero attached hydrogens (tertiary/aromatic N) is 1. The number of carbonyl (C=O) groups is 1. The third-order valence-electron chi connectivity index (χ3n) is 5.20. The van der Waals surface area contributed by atoms with E-state index in [2.05, 4.69) is 48.5 Å². The Morgan fingerprint density at radius 1 is 1.17 bits per heavy atom. The zero-order valence-electron chi connectivity index (χ0n) is 17.5. The quantitative estimate of drug-likeness (QED) is 0.567. The molecule has 2 aromatic carbocycles. The van der Waals surface area contributed by atoms with Crippen molar-refractivity contribution in [1.82, 2.24) is 4.90 Å².